The van der Waals surface area contributed by atoms with Crippen LogP contribution in [0.3, 0.4) is 0 Å². The van der Waals surface area contributed by atoms with Gasteiger partial charge in [-0.25, -0.2) is 5.43 Å². The van der Waals surface area contributed by atoms with E-state index in [0.717, 1.165) is 5.56 Å². The first-order valence-corrected chi connectivity index (χ1v) is 7.00. The van der Waals surface area contributed by atoms with Crippen LogP contribution >= 0.6 is 23.2 Å². The van der Waals surface area contributed by atoms with Gasteiger partial charge in [-0.2, -0.15) is 5.10 Å². The lowest BCUT2D eigenvalue weighted by Gasteiger charge is -2.04. The van der Waals surface area contributed by atoms with Crippen LogP contribution in [0.5, 0.6) is 11.5 Å². The lowest BCUT2D eigenvalue weighted by atomic mass is 10.1. The quantitative estimate of drug-likeness (QED) is 0.590. The van der Waals surface area contributed by atoms with Crippen LogP contribution in [-0.2, 0) is 6.42 Å². The van der Waals surface area contributed by atoms with Gasteiger partial charge in [-0.15, -0.1) is 0 Å². The highest BCUT2D eigenvalue weighted by Crippen LogP contribution is 2.32. The Morgan fingerprint density at radius 2 is 1.86 bits per heavy atom. The Hall–Kier alpha value is -2.24. The molecule has 0 atom stereocenters. The summed E-state index contributed by atoms with van der Waals surface area (Å²) in [6.45, 7) is 0. The van der Waals surface area contributed by atoms with E-state index in [2.05, 4.69) is 10.5 Å². The fourth-order valence-corrected chi connectivity index (χ4v) is 2.19. The van der Waals surface area contributed by atoms with Crippen molar-refractivity contribution in [2.24, 2.45) is 5.10 Å². The van der Waals surface area contributed by atoms with E-state index in [0.29, 0.717) is 6.42 Å². The lowest BCUT2D eigenvalue weighted by Crippen LogP contribution is -2.17. The molecule has 0 saturated carbocycles. The fourth-order valence-electron chi connectivity index (χ4n) is 1.70. The predicted octanol–water partition coefficient (Wildman–Crippen LogP) is 3.36. The molecule has 0 radical (unpaired) electrons. The highest BCUT2D eigenvalue weighted by atomic mass is 35.5. The molecule has 0 unspecified atom stereocenters. The van der Waals surface area contributed by atoms with E-state index in [-0.39, 0.29) is 27.1 Å². The molecule has 2 aromatic rings. The van der Waals surface area contributed by atoms with Gasteiger partial charge in [0, 0.05) is 18.2 Å². The summed E-state index contributed by atoms with van der Waals surface area (Å²) in [6, 6.07) is 9.31. The molecule has 0 aliphatic heterocycles. The third-order valence-corrected chi connectivity index (χ3v) is 3.35. The number of nitrogens with one attached hydrogen (secondary N) is 1. The third kappa shape index (κ3) is 4.13. The second-order valence-electron chi connectivity index (χ2n) is 4.42. The molecular weight excluding hydrogens is 327 g/mol. The number of rotatable bonds is 4. The van der Waals surface area contributed by atoms with E-state index in [1.807, 2.05) is 6.07 Å². The van der Waals surface area contributed by atoms with Crippen molar-refractivity contribution in [3.8, 4) is 11.5 Å². The van der Waals surface area contributed by atoms with Crippen LogP contribution in [-0.4, -0.2) is 22.3 Å². The molecule has 7 heteroatoms. The number of nitrogens with zero attached hydrogens (tertiary/aromatic N) is 1. The molecule has 3 N–H and O–H groups in total. The Morgan fingerprint density at radius 3 is 2.50 bits per heavy atom. The molecule has 0 aliphatic carbocycles. The van der Waals surface area contributed by atoms with Crippen LogP contribution < -0.4 is 5.43 Å². The average Bonchev–Trinajstić information content (AvgIpc) is 2.48. The van der Waals surface area contributed by atoms with Crippen molar-refractivity contribution in [3.05, 3.63) is 57.6 Å². The van der Waals surface area contributed by atoms with E-state index in [1.54, 1.807) is 18.2 Å². The van der Waals surface area contributed by atoms with Gasteiger partial charge in [0.15, 0.2) is 5.75 Å². The zero-order valence-corrected chi connectivity index (χ0v) is 12.8. The maximum Gasteiger partial charge on any atom is 0.271 e. The van der Waals surface area contributed by atoms with E-state index >= 15 is 0 Å². The van der Waals surface area contributed by atoms with Gasteiger partial charge in [0.2, 0.25) is 0 Å². The largest absolute Gasteiger partial charge is 0.508 e. The normalized spacial score (nSPS) is 10.8. The molecule has 5 nitrogen and oxygen atoms in total. The zero-order chi connectivity index (χ0) is 16.1. The Kier molecular flexibility index (Phi) is 5.25. The van der Waals surface area contributed by atoms with Gasteiger partial charge in [-0.05, 0) is 29.8 Å². The summed E-state index contributed by atoms with van der Waals surface area (Å²) < 4.78 is 0. The van der Waals surface area contributed by atoms with Crippen molar-refractivity contribution in [1.29, 1.82) is 0 Å². The maximum atomic E-state index is 11.9. The third-order valence-electron chi connectivity index (χ3n) is 2.77. The standard InChI is InChI=1S/C15H12Cl2N2O3/c16-12-7-10(8-13(17)14(12)21)15(22)19-18-5-4-9-2-1-3-11(20)6-9/h1-3,5-8,20-21H,4H2,(H,19,22). The van der Waals surface area contributed by atoms with Gasteiger partial charge in [0.1, 0.15) is 5.75 Å². The number of hydrazone groups is 1. The summed E-state index contributed by atoms with van der Waals surface area (Å²) in [5.74, 6) is -0.605. The number of hydrogen-bond acceptors (Lipinski definition) is 4. The summed E-state index contributed by atoms with van der Waals surface area (Å²) in [5, 5.41) is 22.5. The van der Waals surface area contributed by atoms with Crippen LogP contribution in [0.15, 0.2) is 41.5 Å². The Balaban J connectivity index is 1.96. The lowest BCUT2D eigenvalue weighted by molar-refractivity contribution is 0.0955. The number of carbonyl (C=O) groups excluding carboxylic acids is 1. The molecule has 0 spiro atoms. The minimum Gasteiger partial charge on any atom is -0.508 e. The van der Waals surface area contributed by atoms with E-state index in [4.69, 9.17) is 23.2 Å². The fraction of sp³-hybridized carbons (Fsp3) is 0.0667. The molecule has 0 saturated heterocycles. The predicted molar refractivity (Wildman–Crippen MR) is 85.9 cm³/mol. The van der Waals surface area contributed by atoms with Gasteiger partial charge < -0.3 is 10.2 Å². The summed E-state index contributed by atoms with van der Waals surface area (Å²) in [5.41, 5.74) is 3.36. The molecule has 0 aliphatic rings. The molecule has 0 heterocycles. The summed E-state index contributed by atoms with van der Waals surface area (Å²) in [6.07, 6.45) is 1.95. The Morgan fingerprint density at radius 1 is 1.18 bits per heavy atom. The van der Waals surface area contributed by atoms with E-state index in [9.17, 15) is 15.0 Å². The highest BCUT2D eigenvalue weighted by molar-refractivity contribution is 6.37. The van der Waals surface area contributed by atoms with Crippen LogP contribution in [0, 0.1) is 0 Å². The number of benzene rings is 2. The van der Waals surface area contributed by atoms with Crippen molar-refractivity contribution in [2.45, 2.75) is 6.42 Å². The number of phenols is 2. The van der Waals surface area contributed by atoms with Crippen molar-refractivity contribution in [3.63, 3.8) is 0 Å². The van der Waals surface area contributed by atoms with Crippen LogP contribution in [0.25, 0.3) is 0 Å². The minimum atomic E-state index is -0.504. The summed E-state index contributed by atoms with van der Waals surface area (Å²) in [7, 11) is 0. The van der Waals surface area contributed by atoms with Gasteiger partial charge in [0.25, 0.3) is 5.91 Å². The van der Waals surface area contributed by atoms with Crippen LogP contribution in [0.2, 0.25) is 10.0 Å². The number of phenolic OH excluding ortho intramolecular Hbond substituents is 2. The SMILES string of the molecule is O=C(NN=CCc1cccc(O)c1)c1cc(Cl)c(O)c(Cl)c1. The second kappa shape index (κ2) is 7.15. The van der Waals surface area contributed by atoms with Gasteiger partial charge in [0.05, 0.1) is 10.0 Å². The molecule has 2 aromatic carbocycles. The number of aromatic hydroxyl groups is 2. The van der Waals surface area contributed by atoms with Gasteiger partial charge in [-0.1, -0.05) is 35.3 Å². The molecule has 0 fully saturated rings. The number of halogens is 2. The maximum absolute atomic E-state index is 11.9. The molecular formula is C15H12Cl2N2O3. The molecule has 0 bridgehead atoms. The van der Waals surface area contributed by atoms with E-state index < -0.39 is 5.91 Å². The number of amides is 1. The zero-order valence-electron chi connectivity index (χ0n) is 11.3. The molecule has 0 aromatic heterocycles. The Labute approximate surface area is 136 Å². The summed E-state index contributed by atoms with van der Waals surface area (Å²) in [4.78, 5) is 11.9. The van der Waals surface area contributed by atoms with Gasteiger partial charge >= 0.3 is 0 Å². The first-order valence-electron chi connectivity index (χ1n) is 6.25. The molecule has 114 valence electrons. The van der Waals surface area contributed by atoms with Crippen molar-refractivity contribution >= 4 is 35.3 Å². The monoisotopic (exact) mass is 338 g/mol. The smallest absolute Gasteiger partial charge is 0.271 e. The Bertz CT molecular complexity index is 709. The van der Waals surface area contributed by atoms with Crippen LogP contribution in [0.4, 0.5) is 0 Å². The molecule has 2 rings (SSSR count). The number of hydrogen-bond donors (Lipinski definition) is 3. The first-order chi connectivity index (χ1) is 10.5. The average molecular weight is 339 g/mol. The molecule has 1 amide bonds. The minimum absolute atomic E-state index is 0.0126. The van der Waals surface area contributed by atoms with Crippen molar-refractivity contribution in [2.75, 3.05) is 0 Å². The first kappa shape index (κ1) is 16.1. The topological polar surface area (TPSA) is 81.9 Å². The summed E-state index contributed by atoms with van der Waals surface area (Å²) >= 11 is 11.5. The highest BCUT2D eigenvalue weighted by Gasteiger charge is 2.11. The van der Waals surface area contributed by atoms with Crippen molar-refractivity contribution in [1.82, 2.24) is 5.43 Å². The second-order valence-corrected chi connectivity index (χ2v) is 5.23. The van der Waals surface area contributed by atoms with Gasteiger partial charge in [-0.3, -0.25) is 4.79 Å². The van der Waals surface area contributed by atoms with Crippen LogP contribution in [0.1, 0.15) is 15.9 Å². The van der Waals surface area contributed by atoms with Crippen molar-refractivity contribution < 1.29 is 15.0 Å². The van der Waals surface area contributed by atoms with E-state index in [1.165, 1.54) is 18.3 Å². The molecule has 22 heavy (non-hydrogen) atoms. The number of carbonyl (C=O) groups is 1.